The first-order valence-corrected chi connectivity index (χ1v) is 7.88. The van der Waals surface area contributed by atoms with Crippen molar-refractivity contribution in [2.75, 3.05) is 26.3 Å². The lowest BCUT2D eigenvalue weighted by molar-refractivity contribution is -0.139. The quantitative estimate of drug-likeness (QED) is 0.823. The lowest BCUT2D eigenvalue weighted by Gasteiger charge is -2.34. The zero-order valence-corrected chi connectivity index (χ0v) is 12.0. The van der Waals surface area contributed by atoms with Gasteiger partial charge in [0.15, 0.2) is 0 Å². The van der Waals surface area contributed by atoms with Crippen molar-refractivity contribution < 1.29 is 14.3 Å². The summed E-state index contributed by atoms with van der Waals surface area (Å²) in [6.07, 6.45) is 6.19. The minimum atomic E-state index is -0.585. The van der Waals surface area contributed by atoms with Gasteiger partial charge in [-0.2, -0.15) is 0 Å². The summed E-state index contributed by atoms with van der Waals surface area (Å²) in [4.78, 5) is 26.7. The number of amides is 2. The van der Waals surface area contributed by atoms with Crippen LogP contribution in [-0.2, 0) is 14.3 Å². The molecule has 0 radical (unpaired) electrons. The summed E-state index contributed by atoms with van der Waals surface area (Å²) in [6.45, 7) is 2.96. The summed E-state index contributed by atoms with van der Waals surface area (Å²) in [5.41, 5.74) is -0.585. The van der Waals surface area contributed by atoms with Crippen LogP contribution in [0.15, 0.2) is 0 Å². The van der Waals surface area contributed by atoms with Crippen molar-refractivity contribution in [3.63, 3.8) is 0 Å². The lowest BCUT2D eigenvalue weighted by Crippen LogP contribution is -2.56. The van der Waals surface area contributed by atoms with Crippen LogP contribution in [0.4, 0.5) is 0 Å². The molecule has 2 heterocycles. The van der Waals surface area contributed by atoms with E-state index in [9.17, 15) is 9.59 Å². The standard InChI is InChI=1S/C15H24N2O3/c18-13-3-8-17(11-12-4-9-20-10-5-12)14(19)15(16-13)6-1-2-7-15/h12H,1-11H2,(H,16,18). The normalized spacial score (nSPS) is 27.7. The van der Waals surface area contributed by atoms with Crippen molar-refractivity contribution >= 4 is 11.8 Å². The fourth-order valence-electron chi connectivity index (χ4n) is 3.76. The van der Waals surface area contributed by atoms with Gasteiger partial charge in [0.25, 0.3) is 0 Å². The van der Waals surface area contributed by atoms with E-state index in [-0.39, 0.29) is 11.8 Å². The molecule has 0 unspecified atom stereocenters. The van der Waals surface area contributed by atoms with Crippen LogP contribution in [0.25, 0.3) is 0 Å². The first kappa shape index (κ1) is 13.9. The van der Waals surface area contributed by atoms with Crippen LogP contribution in [0.3, 0.4) is 0 Å². The molecule has 2 saturated heterocycles. The summed E-state index contributed by atoms with van der Waals surface area (Å²) >= 11 is 0. The van der Waals surface area contributed by atoms with Gasteiger partial charge in [0.1, 0.15) is 5.54 Å². The van der Waals surface area contributed by atoms with Gasteiger partial charge in [0, 0.05) is 32.7 Å². The van der Waals surface area contributed by atoms with Gasteiger partial charge in [-0.1, -0.05) is 12.8 Å². The molecule has 5 heteroatoms. The predicted molar refractivity (Wildman–Crippen MR) is 74.1 cm³/mol. The fraction of sp³-hybridized carbons (Fsp3) is 0.867. The second-order valence-corrected chi connectivity index (χ2v) is 6.39. The lowest BCUT2D eigenvalue weighted by atomic mass is 9.94. The van der Waals surface area contributed by atoms with Crippen molar-refractivity contribution in [2.45, 2.75) is 50.5 Å². The number of carbonyl (C=O) groups is 2. The minimum absolute atomic E-state index is 0.0368. The molecule has 0 aromatic rings. The van der Waals surface area contributed by atoms with E-state index in [0.717, 1.165) is 58.3 Å². The Morgan fingerprint density at radius 2 is 1.90 bits per heavy atom. The molecule has 1 aliphatic carbocycles. The van der Waals surface area contributed by atoms with Gasteiger partial charge < -0.3 is 15.0 Å². The van der Waals surface area contributed by atoms with Crippen molar-refractivity contribution in [1.29, 1.82) is 0 Å². The Bertz CT molecular complexity index is 385. The molecule has 1 N–H and O–H groups in total. The van der Waals surface area contributed by atoms with Crippen LogP contribution in [-0.4, -0.2) is 48.6 Å². The van der Waals surface area contributed by atoms with Gasteiger partial charge in [-0.25, -0.2) is 0 Å². The van der Waals surface area contributed by atoms with Crippen LogP contribution in [0.2, 0.25) is 0 Å². The van der Waals surface area contributed by atoms with Gasteiger partial charge in [-0.15, -0.1) is 0 Å². The first-order valence-electron chi connectivity index (χ1n) is 7.88. The molecule has 5 nitrogen and oxygen atoms in total. The van der Waals surface area contributed by atoms with Gasteiger partial charge in [-0.05, 0) is 31.6 Å². The number of carbonyl (C=O) groups excluding carboxylic acids is 2. The molecule has 3 aliphatic rings. The molecule has 112 valence electrons. The van der Waals surface area contributed by atoms with Gasteiger partial charge in [-0.3, -0.25) is 9.59 Å². The molecule has 3 rings (SSSR count). The zero-order valence-electron chi connectivity index (χ0n) is 12.0. The molecule has 2 aliphatic heterocycles. The molecular weight excluding hydrogens is 256 g/mol. The van der Waals surface area contributed by atoms with Gasteiger partial charge >= 0.3 is 0 Å². The third kappa shape index (κ3) is 2.68. The summed E-state index contributed by atoms with van der Waals surface area (Å²) < 4.78 is 5.38. The molecule has 3 fully saturated rings. The van der Waals surface area contributed by atoms with E-state index in [0.29, 0.717) is 18.9 Å². The van der Waals surface area contributed by atoms with E-state index in [2.05, 4.69) is 5.32 Å². The monoisotopic (exact) mass is 280 g/mol. The number of nitrogens with one attached hydrogen (secondary N) is 1. The molecule has 0 atom stereocenters. The van der Waals surface area contributed by atoms with Crippen LogP contribution >= 0.6 is 0 Å². The first-order chi connectivity index (χ1) is 9.70. The molecule has 0 aromatic heterocycles. The summed E-state index contributed by atoms with van der Waals surface area (Å²) in [5, 5.41) is 3.02. The Kier molecular flexibility index (Phi) is 3.96. The second kappa shape index (κ2) is 5.72. The fourth-order valence-corrected chi connectivity index (χ4v) is 3.76. The van der Waals surface area contributed by atoms with E-state index in [4.69, 9.17) is 4.74 Å². The molecule has 2 amide bonds. The van der Waals surface area contributed by atoms with E-state index in [1.165, 1.54) is 0 Å². The van der Waals surface area contributed by atoms with E-state index in [1.54, 1.807) is 0 Å². The number of hydrogen-bond donors (Lipinski definition) is 1. The third-order valence-corrected chi connectivity index (χ3v) is 4.96. The number of nitrogens with zero attached hydrogens (tertiary/aromatic N) is 1. The highest BCUT2D eigenvalue weighted by Gasteiger charge is 2.46. The molecule has 0 aromatic carbocycles. The third-order valence-electron chi connectivity index (χ3n) is 4.96. The average molecular weight is 280 g/mol. The van der Waals surface area contributed by atoms with Gasteiger partial charge in [0.2, 0.25) is 11.8 Å². The van der Waals surface area contributed by atoms with Crippen LogP contribution in [0.5, 0.6) is 0 Å². The average Bonchev–Trinajstić information content (AvgIpc) is 2.89. The van der Waals surface area contributed by atoms with Crippen molar-refractivity contribution in [1.82, 2.24) is 10.2 Å². The van der Waals surface area contributed by atoms with E-state index >= 15 is 0 Å². The summed E-state index contributed by atoms with van der Waals surface area (Å²) in [5.74, 6) is 0.724. The van der Waals surface area contributed by atoms with Gasteiger partial charge in [0.05, 0.1) is 0 Å². The zero-order chi connectivity index (χ0) is 14.0. The summed E-state index contributed by atoms with van der Waals surface area (Å²) in [6, 6.07) is 0. The highest BCUT2D eigenvalue weighted by Crippen LogP contribution is 2.33. The molecule has 20 heavy (non-hydrogen) atoms. The maximum absolute atomic E-state index is 12.9. The second-order valence-electron chi connectivity index (χ2n) is 6.39. The molecule has 1 saturated carbocycles. The van der Waals surface area contributed by atoms with Crippen LogP contribution in [0.1, 0.15) is 44.9 Å². The Labute approximate surface area is 120 Å². The predicted octanol–water partition coefficient (Wildman–Crippen LogP) is 1.07. The highest BCUT2D eigenvalue weighted by molar-refractivity contribution is 5.93. The topological polar surface area (TPSA) is 58.6 Å². The van der Waals surface area contributed by atoms with E-state index in [1.807, 2.05) is 4.90 Å². The maximum atomic E-state index is 12.9. The largest absolute Gasteiger partial charge is 0.381 e. The molecule has 0 bridgehead atoms. The smallest absolute Gasteiger partial charge is 0.248 e. The van der Waals surface area contributed by atoms with Crippen molar-refractivity contribution in [3.05, 3.63) is 0 Å². The summed E-state index contributed by atoms with van der Waals surface area (Å²) in [7, 11) is 0. The number of hydrogen-bond acceptors (Lipinski definition) is 3. The minimum Gasteiger partial charge on any atom is -0.381 e. The SMILES string of the molecule is O=C1CCN(CC2CCOCC2)C(=O)C2(CCCC2)N1. The van der Waals surface area contributed by atoms with Crippen LogP contribution in [0, 0.1) is 5.92 Å². The van der Waals surface area contributed by atoms with E-state index < -0.39 is 5.54 Å². The highest BCUT2D eigenvalue weighted by atomic mass is 16.5. The number of rotatable bonds is 2. The Morgan fingerprint density at radius 1 is 1.20 bits per heavy atom. The Hall–Kier alpha value is -1.10. The van der Waals surface area contributed by atoms with Crippen LogP contribution < -0.4 is 5.32 Å². The maximum Gasteiger partial charge on any atom is 0.248 e. The Morgan fingerprint density at radius 3 is 2.60 bits per heavy atom. The molecule has 1 spiro atoms. The van der Waals surface area contributed by atoms with Crippen molar-refractivity contribution in [2.24, 2.45) is 5.92 Å². The van der Waals surface area contributed by atoms with Crippen molar-refractivity contribution in [3.8, 4) is 0 Å². The number of ether oxygens (including phenoxy) is 1. The molecular formula is C15H24N2O3. The Balaban J connectivity index is 1.72.